The highest BCUT2D eigenvalue weighted by atomic mass is 16.3. The lowest BCUT2D eigenvalue weighted by Crippen LogP contribution is -2.35. The van der Waals surface area contributed by atoms with E-state index in [1.165, 1.54) is 0 Å². The minimum atomic E-state index is -0.403. The molecule has 0 aliphatic heterocycles. The van der Waals surface area contributed by atoms with Crippen molar-refractivity contribution < 1.29 is 9.90 Å². The Kier molecular flexibility index (Phi) is 3.14. The van der Waals surface area contributed by atoms with E-state index in [0.29, 0.717) is 0 Å². The van der Waals surface area contributed by atoms with E-state index in [2.05, 4.69) is 0 Å². The Hall–Kier alpha value is -0.610. The number of rotatable bonds is 2. The largest absolute Gasteiger partial charge is 0.396 e. The number of aliphatic hydroxyl groups excluding tert-OH is 1. The first-order valence-electron chi connectivity index (χ1n) is 2.33. The molecule has 0 aliphatic rings. The molecule has 4 nitrogen and oxygen atoms in total. The van der Waals surface area contributed by atoms with Crippen LogP contribution in [-0.4, -0.2) is 17.6 Å². The molecule has 0 aromatic heterocycles. The van der Waals surface area contributed by atoms with Crippen LogP contribution in [-0.2, 0) is 4.79 Å². The van der Waals surface area contributed by atoms with Crippen LogP contribution in [0.5, 0.6) is 0 Å². The molecule has 0 radical (unpaired) electrons. The second-order valence-corrected chi connectivity index (χ2v) is 1.59. The van der Waals surface area contributed by atoms with E-state index in [4.69, 9.17) is 10.9 Å². The molecule has 0 aromatic carbocycles. The molecule has 0 saturated heterocycles. The van der Waals surface area contributed by atoms with Crippen molar-refractivity contribution in [1.29, 1.82) is 0 Å². The fourth-order valence-electron chi connectivity index (χ4n) is 0.225. The van der Waals surface area contributed by atoms with Gasteiger partial charge in [0.05, 0.1) is 12.5 Å². The Labute approximate surface area is 47.6 Å². The molecule has 0 bridgehead atoms. The van der Waals surface area contributed by atoms with Crippen LogP contribution in [0.25, 0.3) is 0 Å². The molecule has 8 heavy (non-hydrogen) atoms. The summed E-state index contributed by atoms with van der Waals surface area (Å²) in [5.74, 6) is 3.99. The van der Waals surface area contributed by atoms with E-state index >= 15 is 0 Å². The van der Waals surface area contributed by atoms with E-state index in [-0.39, 0.29) is 12.5 Å². The zero-order valence-corrected chi connectivity index (χ0v) is 4.72. The van der Waals surface area contributed by atoms with Crippen LogP contribution in [0.4, 0.5) is 0 Å². The SMILES string of the molecule is C[C@H](CO)C(=O)NN. The summed E-state index contributed by atoms with van der Waals surface area (Å²) < 4.78 is 0. The van der Waals surface area contributed by atoms with Gasteiger partial charge in [0.25, 0.3) is 0 Å². The first-order chi connectivity index (χ1) is 3.72. The van der Waals surface area contributed by atoms with E-state index in [0.717, 1.165) is 0 Å². The fourth-order valence-corrected chi connectivity index (χ4v) is 0.225. The van der Waals surface area contributed by atoms with Crippen LogP contribution < -0.4 is 11.3 Å². The van der Waals surface area contributed by atoms with Crippen molar-refractivity contribution in [3.8, 4) is 0 Å². The third kappa shape index (κ3) is 1.90. The van der Waals surface area contributed by atoms with E-state index < -0.39 is 5.92 Å². The zero-order valence-electron chi connectivity index (χ0n) is 4.72. The number of carbonyl (C=O) groups excluding carboxylic acids is 1. The van der Waals surface area contributed by atoms with Gasteiger partial charge >= 0.3 is 0 Å². The highest BCUT2D eigenvalue weighted by Crippen LogP contribution is 1.88. The van der Waals surface area contributed by atoms with E-state index in [9.17, 15) is 4.79 Å². The zero-order chi connectivity index (χ0) is 6.57. The molecule has 0 aliphatic carbocycles. The topological polar surface area (TPSA) is 75.3 Å². The van der Waals surface area contributed by atoms with Gasteiger partial charge in [0, 0.05) is 0 Å². The number of carbonyl (C=O) groups is 1. The number of hydrazine groups is 1. The number of nitrogens with two attached hydrogens (primary N) is 1. The summed E-state index contributed by atoms with van der Waals surface area (Å²) in [5.41, 5.74) is 1.92. The van der Waals surface area contributed by atoms with Crippen LogP contribution in [0, 0.1) is 5.92 Å². The van der Waals surface area contributed by atoms with Gasteiger partial charge in [-0.3, -0.25) is 10.2 Å². The third-order valence-corrected chi connectivity index (χ3v) is 0.864. The normalized spacial score (nSPS) is 12.9. The highest BCUT2D eigenvalue weighted by Gasteiger charge is 2.07. The molecule has 0 rings (SSSR count). The summed E-state index contributed by atoms with van der Waals surface area (Å²) in [6.07, 6.45) is 0. The van der Waals surface area contributed by atoms with Gasteiger partial charge in [-0.2, -0.15) is 0 Å². The molecule has 0 spiro atoms. The third-order valence-electron chi connectivity index (χ3n) is 0.864. The Balaban J connectivity index is 3.46. The van der Waals surface area contributed by atoms with Crippen molar-refractivity contribution in [1.82, 2.24) is 5.43 Å². The lowest BCUT2D eigenvalue weighted by atomic mass is 10.2. The summed E-state index contributed by atoms with van der Waals surface area (Å²) in [5, 5.41) is 8.32. The van der Waals surface area contributed by atoms with Gasteiger partial charge in [0.1, 0.15) is 0 Å². The Morgan fingerprint density at radius 3 is 2.62 bits per heavy atom. The fraction of sp³-hybridized carbons (Fsp3) is 0.750. The first kappa shape index (κ1) is 7.39. The van der Waals surface area contributed by atoms with Gasteiger partial charge in [-0.25, -0.2) is 5.84 Å². The van der Waals surface area contributed by atoms with Gasteiger partial charge in [0.2, 0.25) is 5.91 Å². The molecule has 4 heteroatoms. The van der Waals surface area contributed by atoms with Gasteiger partial charge in [-0.15, -0.1) is 0 Å². The average Bonchev–Trinajstić information content (AvgIpc) is 1.84. The van der Waals surface area contributed by atoms with Gasteiger partial charge in [-0.05, 0) is 0 Å². The van der Waals surface area contributed by atoms with Crippen LogP contribution in [0.2, 0.25) is 0 Å². The average molecular weight is 118 g/mol. The smallest absolute Gasteiger partial charge is 0.239 e. The van der Waals surface area contributed by atoms with Crippen molar-refractivity contribution in [2.24, 2.45) is 11.8 Å². The molecule has 1 atom stereocenters. The molecule has 0 heterocycles. The van der Waals surface area contributed by atoms with E-state index in [1.807, 2.05) is 5.43 Å². The number of nitrogens with one attached hydrogen (secondary N) is 1. The molecular weight excluding hydrogens is 108 g/mol. The lowest BCUT2D eigenvalue weighted by Gasteiger charge is -2.02. The lowest BCUT2D eigenvalue weighted by molar-refractivity contribution is -0.125. The summed E-state index contributed by atoms with van der Waals surface area (Å²) in [6, 6.07) is 0. The first-order valence-corrected chi connectivity index (χ1v) is 2.33. The molecule has 0 fully saturated rings. The summed E-state index contributed by atoms with van der Waals surface area (Å²) in [7, 11) is 0. The maximum Gasteiger partial charge on any atom is 0.239 e. The van der Waals surface area contributed by atoms with Crippen LogP contribution in [0.3, 0.4) is 0 Å². The van der Waals surface area contributed by atoms with Gasteiger partial charge in [0.15, 0.2) is 0 Å². The van der Waals surface area contributed by atoms with Crippen molar-refractivity contribution in [2.45, 2.75) is 6.92 Å². The van der Waals surface area contributed by atoms with Crippen LogP contribution in [0.15, 0.2) is 0 Å². The molecule has 4 N–H and O–H groups in total. The minimum Gasteiger partial charge on any atom is -0.396 e. The number of hydrogen-bond acceptors (Lipinski definition) is 3. The Morgan fingerprint density at radius 1 is 2.00 bits per heavy atom. The maximum absolute atomic E-state index is 10.3. The summed E-state index contributed by atoms with van der Waals surface area (Å²) in [6.45, 7) is 1.42. The Morgan fingerprint density at radius 2 is 2.50 bits per heavy atom. The number of hydrogen-bond donors (Lipinski definition) is 3. The molecule has 1 amide bonds. The van der Waals surface area contributed by atoms with Gasteiger partial charge < -0.3 is 5.11 Å². The summed E-state index contributed by atoms with van der Waals surface area (Å²) >= 11 is 0. The van der Waals surface area contributed by atoms with Crippen molar-refractivity contribution in [2.75, 3.05) is 6.61 Å². The monoisotopic (exact) mass is 118 g/mol. The minimum absolute atomic E-state index is 0.164. The standard InChI is InChI=1S/C4H10N2O2/c1-3(2-7)4(8)6-5/h3,7H,2,5H2,1H3,(H,6,8)/t3-/m1/s1. The second kappa shape index (κ2) is 3.40. The number of aliphatic hydroxyl groups is 1. The molecule has 0 aromatic rings. The molecule has 0 unspecified atom stereocenters. The summed E-state index contributed by atoms with van der Waals surface area (Å²) in [4.78, 5) is 10.3. The maximum atomic E-state index is 10.3. The van der Waals surface area contributed by atoms with Gasteiger partial charge in [-0.1, -0.05) is 6.92 Å². The van der Waals surface area contributed by atoms with Crippen molar-refractivity contribution in [3.63, 3.8) is 0 Å². The van der Waals surface area contributed by atoms with Crippen LogP contribution >= 0.6 is 0 Å². The highest BCUT2D eigenvalue weighted by molar-refractivity contribution is 5.77. The second-order valence-electron chi connectivity index (χ2n) is 1.59. The van der Waals surface area contributed by atoms with Crippen molar-refractivity contribution in [3.05, 3.63) is 0 Å². The molecule has 48 valence electrons. The van der Waals surface area contributed by atoms with Crippen LogP contribution in [0.1, 0.15) is 6.92 Å². The Bertz CT molecular complexity index is 84.1. The number of amides is 1. The molecule has 0 saturated carbocycles. The van der Waals surface area contributed by atoms with Crippen molar-refractivity contribution >= 4 is 5.91 Å². The predicted molar refractivity (Wildman–Crippen MR) is 28.6 cm³/mol. The predicted octanol–water partition coefficient (Wildman–Crippen LogP) is -1.40. The molecular formula is C4H10N2O2. The quantitative estimate of drug-likeness (QED) is 0.237. The van der Waals surface area contributed by atoms with E-state index in [1.54, 1.807) is 6.92 Å².